The van der Waals surface area contributed by atoms with E-state index in [2.05, 4.69) is 10.4 Å². The van der Waals surface area contributed by atoms with Crippen LogP contribution in [-0.2, 0) is 28.9 Å². The van der Waals surface area contributed by atoms with Crippen LogP contribution in [0.3, 0.4) is 0 Å². The summed E-state index contributed by atoms with van der Waals surface area (Å²) in [6.07, 6.45) is 2.63. The Balaban J connectivity index is 1.39. The SMILES string of the molecule is O=C(COC(=O)c1nn(-c2ccccc2)c2c1CCC2)NCc1ccc(Cl)cc1. The minimum atomic E-state index is -0.570. The fourth-order valence-corrected chi connectivity index (χ4v) is 3.56. The molecule has 148 valence electrons. The van der Waals surface area contributed by atoms with Crippen LogP contribution in [0.2, 0.25) is 5.02 Å². The third kappa shape index (κ3) is 4.32. The highest BCUT2D eigenvalue weighted by Crippen LogP contribution is 2.28. The third-order valence-corrected chi connectivity index (χ3v) is 5.11. The number of esters is 1. The summed E-state index contributed by atoms with van der Waals surface area (Å²) in [6, 6.07) is 16.9. The van der Waals surface area contributed by atoms with Gasteiger partial charge in [-0.25, -0.2) is 9.48 Å². The Morgan fingerprint density at radius 1 is 1.07 bits per heavy atom. The molecule has 0 fully saturated rings. The summed E-state index contributed by atoms with van der Waals surface area (Å²) in [6.45, 7) is -0.00895. The number of fused-ring (bicyclic) bond motifs is 1. The average molecular weight is 410 g/mol. The van der Waals surface area contributed by atoms with Crippen molar-refractivity contribution < 1.29 is 14.3 Å². The molecule has 1 amide bonds. The van der Waals surface area contributed by atoms with E-state index in [1.54, 1.807) is 16.8 Å². The summed E-state index contributed by atoms with van der Waals surface area (Å²) in [5.74, 6) is -0.938. The number of ether oxygens (including phenoxy) is 1. The van der Waals surface area contributed by atoms with Crippen molar-refractivity contribution in [3.63, 3.8) is 0 Å². The van der Waals surface area contributed by atoms with Crippen LogP contribution in [0.15, 0.2) is 54.6 Å². The first-order chi connectivity index (χ1) is 14.1. The summed E-state index contributed by atoms with van der Waals surface area (Å²) in [4.78, 5) is 24.6. The van der Waals surface area contributed by atoms with Crippen molar-refractivity contribution in [1.29, 1.82) is 0 Å². The van der Waals surface area contributed by atoms with Crippen LogP contribution in [0.1, 0.15) is 33.7 Å². The molecule has 0 bridgehead atoms. The van der Waals surface area contributed by atoms with E-state index in [1.807, 2.05) is 42.5 Å². The molecule has 0 unspecified atom stereocenters. The summed E-state index contributed by atoms with van der Waals surface area (Å²) < 4.78 is 7.03. The first kappa shape index (κ1) is 19.2. The fraction of sp³-hybridized carbons (Fsp3) is 0.227. The van der Waals surface area contributed by atoms with Crippen LogP contribution >= 0.6 is 11.6 Å². The molecule has 1 heterocycles. The number of hydrogen-bond donors (Lipinski definition) is 1. The van der Waals surface area contributed by atoms with Gasteiger partial charge in [-0.05, 0) is 49.1 Å². The lowest BCUT2D eigenvalue weighted by molar-refractivity contribution is -0.124. The number of nitrogens with zero attached hydrogens (tertiary/aromatic N) is 2. The Bertz CT molecular complexity index is 1030. The maximum Gasteiger partial charge on any atom is 0.359 e. The van der Waals surface area contributed by atoms with Gasteiger partial charge in [0, 0.05) is 22.8 Å². The number of halogens is 1. The van der Waals surface area contributed by atoms with Crippen molar-refractivity contribution in [2.24, 2.45) is 0 Å². The van der Waals surface area contributed by atoms with Gasteiger partial charge in [-0.1, -0.05) is 41.9 Å². The van der Waals surface area contributed by atoms with E-state index in [9.17, 15) is 9.59 Å². The van der Waals surface area contributed by atoms with Crippen LogP contribution in [0.4, 0.5) is 0 Å². The van der Waals surface area contributed by atoms with Gasteiger partial charge in [0.1, 0.15) is 0 Å². The second kappa shape index (κ2) is 8.49. The minimum Gasteiger partial charge on any atom is -0.451 e. The topological polar surface area (TPSA) is 73.2 Å². The molecule has 6 nitrogen and oxygen atoms in total. The Kier molecular flexibility index (Phi) is 5.62. The zero-order chi connectivity index (χ0) is 20.2. The highest BCUT2D eigenvalue weighted by atomic mass is 35.5. The van der Waals surface area contributed by atoms with E-state index >= 15 is 0 Å². The lowest BCUT2D eigenvalue weighted by atomic mass is 10.2. The zero-order valence-corrected chi connectivity index (χ0v) is 16.5. The lowest BCUT2D eigenvalue weighted by Crippen LogP contribution is -2.28. The molecule has 0 spiro atoms. The van der Waals surface area contributed by atoms with Crippen molar-refractivity contribution in [3.05, 3.63) is 82.1 Å². The first-order valence-electron chi connectivity index (χ1n) is 9.46. The molecule has 4 rings (SSSR count). The number of amides is 1. The van der Waals surface area contributed by atoms with Crippen molar-refractivity contribution in [2.75, 3.05) is 6.61 Å². The van der Waals surface area contributed by atoms with Crippen LogP contribution in [0.5, 0.6) is 0 Å². The average Bonchev–Trinajstić information content (AvgIpc) is 3.35. The van der Waals surface area contributed by atoms with E-state index in [0.717, 1.165) is 41.8 Å². The van der Waals surface area contributed by atoms with Crippen LogP contribution in [0, 0.1) is 0 Å². The van der Waals surface area contributed by atoms with E-state index in [-0.39, 0.29) is 12.5 Å². The standard InChI is InChI=1S/C22H20ClN3O3/c23-16-11-9-15(10-12-16)13-24-20(27)14-29-22(28)21-18-7-4-8-19(18)26(25-21)17-5-2-1-3-6-17/h1-3,5-6,9-12H,4,7-8,13-14H2,(H,24,27). The maximum atomic E-state index is 12.6. The Hall–Kier alpha value is -3.12. The van der Waals surface area contributed by atoms with Crippen molar-refractivity contribution >= 4 is 23.5 Å². The predicted octanol–water partition coefficient (Wildman–Crippen LogP) is 3.49. The molecule has 1 aromatic heterocycles. The van der Waals surface area contributed by atoms with Gasteiger partial charge in [0.25, 0.3) is 5.91 Å². The van der Waals surface area contributed by atoms with Gasteiger partial charge in [-0.2, -0.15) is 5.10 Å². The minimum absolute atomic E-state index is 0.298. The normalized spacial score (nSPS) is 12.4. The van der Waals surface area contributed by atoms with E-state index in [1.165, 1.54) is 0 Å². The molecule has 1 N–H and O–H groups in total. The monoisotopic (exact) mass is 409 g/mol. The molecule has 0 saturated carbocycles. The molecule has 1 aliphatic carbocycles. The van der Waals surface area contributed by atoms with Gasteiger partial charge in [0.05, 0.1) is 5.69 Å². The second-order valence-corrected chi connectivity index (χ2v) is 7.29. The number of carbonyl (C=O) groups excluding carboxylic acids is 2. The number of para-hydroxylation sites is 1. The molecule has 0 atom stereocenters. The molecule has 3 aromatic rings. The van der Waals surface area contributed by atoms with Crippen molar-refractivity contribution in [2.45, 2.75) is 25.8 Å². The maximum absolute atomic E-state index is 12.6. The van der Waals surface area contributed by atoms with Gasteiger partial charge >= 0.3 is 5.97 Å². The summed E-state index contributed by atoms with van der Waals surface area (Å²) in [7, 11) is 0. The van der Waals surface area contributed by atoms with Gasteiger partial charge in [0.2, 0.25) is 0 Å². The molecule has 29 heavy (non-hydrogen) atoms. The second-order valence-electron chi connectivity index (χ2n) is 6.85. The molecule has 0 saturated heterocycles. The summed E-state index contributed by atoms with van der Waals surface area (Å²) in [5.41, 5.74) is 4.07. The van der Waals surface area contributed by atoms with Gasteiger partial charge in [0.15, 0.2) is 12.3 Å². The molecule has 2 aromatic carbocycles. The predicted molar refractivity (Wildman–Crippen MR) is 109 cm³/mol. The van der Waals surface area contributed by atoms with Gasteiger partial charge < -0.3 is 10.1 Å². The Labute approximate surface area is 173 Å². The lowest BCUT2D eigenvalue weighted by Gasteiger charge is -2.07. The largest absolute Gasteiger partial charge is 0.451 e. The van der Waals surface area contributed by atoms with Gasteiger partial charge in [-0.3, -0.25) is 4.79 Å². The summed E-state index contributed by atoms with van der Waals surface area (Å²) in [5, 5.41) is 7.84. The number of aromatic nitrogens is 2. The van der Waals surface area contributed by atoms with Crippen LogP contribution < -0.4 is 5.32 Å². The summed E-state index contributed by atoms with van der Waals surface area (Å²) >= 11 is 5.85. The van der Waals surface area contributed by atoms with Crippen LogP contribution in [-0.4, -0.2) is 28.3 Å². The molecule has 1 aliphatic rings. The van der Waals surface area contributed by atoms with E-state index < -0.39 is 5.97 Å². The number of nitrogens with one attached hydrogen (secondary N) is 1. The number of rotatable bonds is 6. The molecular weight excluding hydrogens is 390 g/mol. The van der Waals surface area contributed by atoms with Gasteiger partial charge in [-0.15, -0.1) is 0 Å². The van der Waals surface area contributed by atoms with E-state index in [4.69, 9.17) is 16.3 Å². The highest BCUT2D eigenvalue weighted by Gasteiger charge is 2.28. The fourth-order valence-electron chi connectivity index (χ4n) is 3.44. The molecule has 0 radical (unpaired) electrons. The third-order valence-electron chi connectivity index (χ3n) is 4.86. The molecule has 0 aliphatic heterocycles. The number of carbonyl (C=O) groups is 2. The molecular formula is C22H20ClN3O3. The molecule has 7 heteroatoms. The Morgan fingerprint density at radius 3 is 2.59 bits per heavy atom. The van der Waals surface area contributed by atoms with Crippen LogP contribution in [0.25, 0.3) is 5.69 Å². The first-order valence-corrected chi connectivity index (χ1v) is 9.84. The quantitative estimate of drug-likeness (QED) is 0.632. The number of hydrogen-bond acceptors (Lipinski definition) is 4. The van der Waals surface area contributed by atoms with Crippen molar-refractivity contribution in [1.82, 2.24) is 15.1 Å². The van der Waals surface area contributed by atoms with Crippen molar-refractivity contribution in [3.8, 4) is 5.69 Å². The smallest absolute Gasteiger partial charge is 0.359 e. The van der Waals surface area contributed by atoms with E-state index in [0.29, 0.717) is 17.3 Å². The number of benzene rings is 2. The zero-order valence-electron chi connectivity index (χ0n) is 15.7. The Morgan fingerprint density at radius 2 is 1.83 bits per heavy atom. The highest BCUT2D eigenvalue weighted by molar-refractivity contribution is 6.30.